The highest BCUT2D eigenvalue weighted by atomic mass is 16.4. The number of H-pyrrole nitrogens is 1. The molecule has 29 heavy (non-hydrogen) atoms. The van der Waals surface area contributed by atoms with E-state index in [9.17, 15) is 14.4 Å². The molecule has 0 aliphatic heterocycles. The maximum atomic E-state index is 13.0. The van der Waals surface area contributed by atoms with Crippen molar-refractivity contribution in [2.45, 2.75) is 32.7 Å². The number of anilines is 1. The van der Waals surface area contributed by atoms with Crippen LogP contribution in [0.25, 0.3) is 21.9 Å². The topological polar surface area (TPSA) is 110 Å². The lowest BCUT2D eigenvalue weighted by molar-refractivity contribution is 0.102. The highest BCUT2D eigenvalue weighted by Gasteiger charge is 2.17. The Balaban J connectivity index is 1.72. The zero-order chi connectivity index (χ0) is 20.4. The van der Waals surface area contributed by atoms with Crippen LogP contribution in [0.3, 0.4) is 0 Å². The summed E-state index contributed by atoms with van der Waals surface area (Å²) in [4.78, 5) is 39.6. The van der Waals surface area contributed by atoms with Crippen LogP contribution < -0.4 is 16.6 Å². The highest BCUT2D eigenvalue weighted by molar-refractivity contribution is 6.11. The van der Waals surface area contributed by atoms with E-state index in [-0.39, 0.29) is 11.3 Å². The first-order chi connectivity index (χ1) is 14.1. The average Bonchev–Trinajstić information content (AvgIpc) is 3.09. The second-order valence-corrected chi connectivity index (χ2v) is 6.81. The number of hydrogen-bond donors (Lipinski definition) is 2. The molecule has 0 fully saturated rings. The summed E-state index contributed by atoms with van der Waals surface area (Å²) < 4.78 is 6.34. The molecule has 8 heteroatoms. The van der Waals surface area contributed by atoms with Gasteiger partial charge in [-0.25, -0.2) is 9.48 Å². The number of hydrogen-bond acceptors (Lipinski definition) is 5. The number of carbonyl (C=O) groups excluding carboxylic acids is 1. The number of benzene rings is 2. The summed E-state index contributed by atoms with van der Waals surface area (Å²) in [6.45, 7) is 2.54. The molecule has 0 saturated carbocycles. The number of carbonyl (C=O) groups is 1. The van der Waals surface area contributed by atoms with Gasteiger partial charge >= 0.3 is 5.76 Å². The largest absolute Gasteiger partial charge is 0.417 e. The van der Waals surface area contributed by atoms with Gasteiger partial charge in [0.2, 0.25) is 0 Å². The van der Waals surface area contributed by atoms with Crippen molar-refractivity contribution in [3.05, 3.63) is 69.1 Å². The molecule has 0 atom stereocenters. The SMILES string of the molecule is CCCCCn1nc(C(=O)Nc2ccc3oc(=O)[nH]c3c2)c2ccccc2c1=O. The number of fused-ring (bicyclic) bond motifs is 2. The molecule has 4 rings (SSSR count). The molecule has 2 aromatic heterocycles. The molecule has 2 N–H and O–H groups in total. The van der Waals surface area contributed by atoms with E-state index in [1.807, 2.05) is 0 Å². The molecule has 0 aliphatic rings. The summed E-state index contributed by atoms with van der Waals surface area (Å²) in [6.07, 6.45) is 2.81. The van der Waals surface area contributed by atoms with Gasteiger partial charge in [0.05, 0.1) is 10.9 Å². The predicted octanol–water partition coefficient (Wildman–Crippen LogP) is 3.27. The van der Waals surface area contributed by atoms with Crippen LogP contribution in [0, 0.1) is 0 Å². The minimum Gasteiger partial charge on any atom is -0.408 e. The lowest BCUT2D eigenvalue weighted by atomic mass is 10.1. The van der Waals surface area contributed by atoms with Crippen molar-refractivity contribution in [2.75, 3.05) is 5.32 Å². The summed E-state index contributed by atoms with van der Waals surface area (Å²) in [5.74, 6) is -0.995. The Kier molecular flexibility index (Phi) is 4.99. The molecular weight excluding hydrogens is 372 g/mol. The summed E-state index contributed by atoms with van der Waals surface area (Å²) in [5.41, 5.74) is 1.34. The van der Waals surface area contributed by atoms with Crippen LogP contribution in [0.1, 0.15) is 36.7 Å². The van der Waals surface area contributed by atoms with Crippen LogP contribution >= 0.6 is 0 Å². The molecule has 0 radical (unpaired) electrons. The zero-order valence-electron chi connectivity index (χ0n) is 15.9. The molecule has 2 heterocycles. The molecule has 0 bridgehead atoms. The van der Waals surface area contributed by atoms with Gasteiger partial charge in [0, 0.05) is 17.6 Å². The van der Waals surface area contributed by atoms with Gasteiger partial charge in [0.25, 0.3) is 11.5 Å². The Labute approximate surface area is 165 Å². The van der Waals surface area contributed by atoms with Crippen molar-refractivity contribution in [1.82, 2.24) is 14.8 Å². The van der Waals surface area contributed by atoms with E-state index in [0.29, 0.717) is 34.1 Å². The van der Waals surface area contributed by atoms with E-state index < -0.39 is 11.7 Å². The van der Waals surface area contributed by atoms with Crippen LogP contribution in [-0.2, 0) is 6.54 Å². The van der Waals surface area contributed by atoms with Crippen LogP contribution in [0.15, 0.2) is 56.5 Å². The Morgan fingerprint density at radius 3 is 2.72 bits per heavy atom. The summed E-state index contributed by atoms with van der Waals surface area (Å²) in [7, 11) is 0. The van der Waals surface area contributed by atoms with Crippen molar-refractivity contribution in [3.63, 3.8) is 0 Å². The fourth-order valence-electron chi connectivity index (χ4n) is 3.29. The van der Waals surface area contributed by atoms with Crippen molar-refractivity contribution < 1.29 is 9.21 Å². The Bertz CT molecular complexity index is 1320. The van der Waals surface area contributed by atoms with Crippen LogP contribution in [0.2, 0.25) is 0 Å². The average molecular weight is 392 g/mol. The third-order valence-electron chi connectivity index (χ3n) is 4.73. The second kappa shape index (κ2) is 7.75. The van der Waals surface area contributed by atoms with E-state index in [2.05, 4.69) is 22.3 Å². The van der Waals surface area contributed by atoms with E-state index in [1.165, 1.54) is 4.68 Å². The zero-order valence-corrected chi connectivity index (χ0v) is 15.9. The standard InChI is InChI=1S/C21H20N4O4/c1-2-3-6-11-25-20(27)15-8-5-4-7-14(15)18(24-25)19(26)22-13-9-10-17-16(12-13)23-21(28)29-17/h4-5,7-10,12H,2-3,6,11H2,1H3,(H,22,26)(H,23,28). The Morgan fingerprint density at radius 2 is 1.93 bits per heavy atom. The van der Waals surface area contributed by atoms with Crippen molar-refractivity contribution in [1.29, 1.82) is 0 Å². The van der Waals surface area contributed by atoms with Crippen molar-refractivity contribution in [2.24, 2.45) is 0 Å². The minimum absolute atomic E-state index is 0.178. The van der Waals surface area contributed by atoms with E-state index in [1.54, 1.807) is 42.5 Å². The number of aromatic amines is 1. The van der Waals surface area contributed by atoms with E-state index >= 15 is 0 Å². The fourth-order valence-corrected chi connectivity index (χ4v) is 3.29. The molecule has 0 unspecified atom stereocenters. The van der Waals surface area contributed by atoms with E-state index in [4.69, 9.17) is 4.42 Å². The number of aryl methyl sites for hydroxylation is 1. The molecule has 8 nitrogen and oxygen atoms in total. The second-order valence-electron chi connectivity index (χ2n) is 6.81. The molecular formula is C21H20N4O4. The Morgan fingerprint density at radius 1 is 1.14 bits per heavy atom. The molecule has 2 aromatic carbocycles. The van der Waals surface area contributed by atoms with Crippen LogP contribution in [-0.4, -0.2) is 20.7 Å². The maximum Gasteiger partial charge on any atom is 0.417 e. The van der Waals surface area contributed by atoms with Gasteiger partial charge in [-0.3, -0.25) is 14.6 Å². The number of rotatable bonds is 6. The van der Waals surface area contributed by atoms with Gasteiger partial charge < -0.3 is 9.73 Å². The number of nitrogens with one attached hydrogen (secondary N) is 2. The molecule has 148 valence electrons. The predicted molar refractivity (Wildman–Crippen MR) is 110 cm³/mol. The van der Waals surface area contributed by atoms with Gasteiger partial charge in [-0.1, -0.05) is 38.0 Å². The number of unbranched alkanes of at least 4 members (excludes halogenated alkanes) is 2. The normalized spacial score (nSPS) is 11.2. The molecule has 0 aliphatic carbocycles. The number of oxazole rings is 1. The van der Waals surface area contributed by atoms with Crippen LogP contribution in [0.4, 0.5) is 5.69 Å². The number of amides is 1. The monoisotopic (exact) mass is 392 g/mol. The number of nitrogens with zero attached hydrogens (tertiary/aromatic N) is 2. The van der Waals surface area contributed by atoms with Gasteiger partial charge in [-0.2, -0.15) is 5.10 Å². The lowest BCUT2D eigenvalue weighted by Gasteiger charge is -2.11. The van der Waals surface area contributed by atoms with Gasteiger partial charge in [0.15, 0.2) is 11.3 Å². The molecule has 0 saturated heterocycles. The first kappa shape index (κ1) is 18.7. The van der Waals surface area contributed by atoms with Crippen LogP contribution in [0.5, 0.6) is 0 Å². The van der Waals surface area contributed by atoms with E-state index in [0.717, 1.165) is 19.3 Å². The molecule has 0 spiro atoms. The molecule has 4 aromatic rings. The third kappa shape index (κ3) is 3.69. The van der Waals surface area contributed by atoms with Gasteiger partial charge in [-0.05, 0) is 30.7 Å². The highest BCUT2D eigenvalue weighted by Crippen LogP contribution is 2.19. The number of aromatic nitrogens is 3. The minimum atomic E-state index is -0.560. The van der Waals surface area contributed by atoms with Crippen molar-refractivity contribution in [3.8, 4) is 0 Å². The maximum absolute atomic E-state index is 13.0. The first-order valence-corrected chi connectivity index (χ1v) is 9.51. The molecule has 1 amide bonds. The Hall–Kier alpha value is -3.68. The fraction of sp³-hybridized carbons (Fsp3) is 0.238. The quantitative estimate of drug-likeness (QED) is 0.489. The van der Waals surface area contributed by atoms with Gasteiger partial charge in [0.1, 0.15) is 0 Å². The van der Waals surface area contributed by atoms with Crippen molar-refractivity contribution >= 4 is 33.5 Å². The third-order valence-corrected chi connectivity index (χ3v) is 4.73. The lowest BCUT2D eigenvalue weighted by Crippen LogP contribution is -2.27. The first-order valence-electron chi connectivity index (χ1n) is 9.51. The summed E-state index contributed by atoms with van der Waals surface area (Å²) in [6, 6.07) is 11.8. The summed E-state index contributed by atoms with van der Waals surface area (Å²) >= 11 is 0. The van der Waals surface area contributed by atoms with Gasteiger partial charge in [-0.15, -0.1) is 0 Å². The summed E-state index contributed by atoms with van der Waals surface area (Å²) in [5, 5.41) is 8.09. The smallest absolute Gasteiger partial charge is 0.408 e.